The molecule has 6 nitrogen and oxygen atoms in total. The Labute approximate surface area is 179 Å². The Hall–Kier alpha value is -2.38. The molecule has 0 unspecified atom stereocenters. The fourth-order valence-corrected chi connectivity index (χ4v) is 5.30. The summed E-state index contributed by atoms with van der Waals surface area (Å²) in [5.41, 5.74) is 1.13. The summed E-state index contributed by atoms with van der Waals surface area (Å²) in [5.74, 6) is 0.509. The molecule has 7 heteroatoms. The molecule has 1 atom stereocenters. The summed E-state index contributed by atoms with van der Waals surface area (Å²) in [6, 6.07) is 16.3. The van der Waals surface area contributed by atoms with Crippen LogP contribution in [-0.2, 0) is 21.2 Å². The number of carbonyl (C=O) groups excluding carboxylic acids is 1. The lowest BCUT2D eigenvalue weighted by Crippen LogP contribution is -2.45. The van der Waals surface area contributed by atoms with Crippen molar-refractivity contribution in [3.8, 4) is 5.75 Å². The number of aryl methyl sites for hydroxylation is 1. The van der Waals surface area contributed by atoms with Gasteiger partial charge in [0.1, 0.15) is 5.75 Å². The number of hydrogen-bond acceptors (Lipinski definition) is 4. The third-order valence-electron chi connectivity index (χ3n) is 5.33. The summed E-state index contributed by atoms with van der Waals surface area (Å²) in [5, 5.41) is 2.98. The van der Waals surface area contributed by atoms with Gasteiger partial charge in [-0.15, -0.1) is 0 Å². The van der Waals surface area contributed by atoms with E-state index in [1.807, 2.05) is 31.2 Å². The first-order valence-electron chi connectivity index (χ1n) is 10.6. The van der Waals surface area contributed by atoms with Crippen LogP contribution in [0.15, 0.2) is 59.5 Å². The first-order valence-corrected chi connectivity index (χ1v) is 12.0. The molecule has 1 amide bonds. The van der Waals surface area contributed by atoms with Gasteiger partial charge < -0.3 is 10.1 Å². The zero-order chi connectivity index (χ0) is 21.4. The van der Waals surface area contributed by atoms with Crippen LogP contribution in [0.2, 0.25) is 0 Å². The maximum Gasteiger partial charge on any atom is 0.243 e. The number of piperidine rings is 1. The highest BCUT2D eigenvalue weighted by molar-refractivity contribution is 7.89. The number of hydrogen-bond donors (Lipinski definition) is 1. The van der Waals surface area contributed by atoms with Crippen LogP contribution >= 0.6 is 0 Å². The molecular weight excluding hydrogens is 400 g/mol. The molecule has 1 N–H and O–H groups in total. The van der Waals surface area contributed by atoms with Gasteiger partial charge in [0.05, 0.1) is 17.4 Å². The molecular formula is C23H30N2O4S. The monoisotopic (exact) mass is 430 g/mol. The maximum absolute atomic E-state index is 12.8. The minimum atomic E-state index is -3.56. The molecule has 1 fully saturated rings. The smallest absolute Gasteiger partial charge is 0.243 e. The van der Waals surface area contributed by atoms with Crippen LogP contribution in [0.3, 0.4) is 0 Å². The molecule has 0 saturated carbocycles. The number of amides is 1. The van der Waals surface area contributed by atoms with Crippen LogP contribution in [0.4, 0.5) is 0 Å². The second-order valence-electron chi connectivity index (χ2n) is 7.45. The molecule has 0 spiro atoms. The van der Waals surface area contributed by atoms with E-state index in [1.54, 1.807) is 30.3 Å². The van der Waals surface area contributed by atoms with E-state index in [-0.39, 0.29) is 23.3 Å². The number of ether oxygens (including phenoxy) is 1. The fraction of sp³-hybridized carbons (Fsp3) is 0.435. The molecule has 30 heavy (non-hydrogen) atoms. The number of sulfonamides is 1. The number of nitrogens with zero attached hydrogens (tertiary/aromatic N) is 1. The molecule has 0 aromatic heterocycles. The van der Waals surface area contributed by atoms with Gasteiger partial charge in [-0.2, -0.15) is 4.31 Å². The van der Waals surface area contributed by atoms with E-state index in [0.29, 0.717) is 32.5 Å². The number of benzene rings is 2. The fourth-order valence-electron chi connectivity index (χ4n) is 3.76. The van der Waals surface area contributed by atoms with Crippen LogP contribution in [-0.4, -0.2) is 44.9 Å². The molecule has 2 aromatic carbocycles. The standard InChI is InChI=1S/C23H30N2O4S/c1-2-29-22-15-7-6-10-19(22)11-8-16-24-23(26)20-12-9-17-25(18-20)30(27,28)21-13-4-3-5-14-21/h3-7,10,13-15,20H,2,8-9,11-12,16-18H2,1H3,(H,24,26)/t20-/m1/s1. The van der Waals surface area contributed by atoms with E-state index in [0.717, 1.165) is 24.2 Å². The first kappa shape index (κ1) is 22.3. The lowest BCUT2D eigenvalue weighted by molar-refractivity contribution is -0.126. The van der Waals surface area contributed by atoms with Crippen LogP contribution in [0.25, 0.3) is 0 Å². The molecule has 1 heterocycles. The Bertz CT molecular complexity index is 931. The van der Waals surface area contributed by atoms with Crippen molar-refractivity contribution in [2.45, 2.75) is 37.5 Å². The number of nitrogens with one attached hydrogen (secondary N) is 1. The summed E-state index contributed by atoms with van der Waals surface area (Å²) in [4.78, 5) is 12.9. The molecule has 1 aliphatic heterocycles. The highest BCUT2D eigenvalue weighted by Crippen LogP contribution is 2.24. The quantitative estimate of drug-likeness (QED) is 0.620. The number of rotatable bonds is 9. The summed E-state index contributed by atoms with van der Waals surface area (Å²) in [7, 11) is -3.56. The van der Waals surface area contributed by atoms with E-state index in [9.17, 15) is 13.2 Å². The topological polar surface area (TPSA) is 75.7 Å². The minimum absolute atomic E-state index is 0.0685. The summed E-state index contributed by atoms with van der Waals surface area (Å²) in [6.45, 7) is 3.83. The van der Waals surface area contributed by atoms with Gasteiger partial charge >= 0.3 is 0 Å². The van der Waals surface area contributed by atoms with Crippen molar-refractivity contribution >= 4 is 15.9 Å². The van der Waals surface area contributed by atoms with Crippen molar-refractivity contribution in [2.75, 3.05) is 26.2 Å². The third kappa shape index (κ3) is 5.61. The van der Waals surface area contributed by atoms with Crippen molar-refractivity contribution in [1.82, 2.24) is 9.62 Å². The van der Waals surface area contributed by atoms with E-state index in [4.69, 9.17) is 4.74 Å². The number of carbonyl (C=O) groups is 1. The van der Waals surface area contributed by atoms with Gasteiger partial charge in [-0.25, -0.2) is 8.42 Å². The maximum atomic E-state index is 12.8. The molecule has 0 aliphatic carbocycles. The van der Waals surface area contributed by atoms with Gasteiger partial charge in [-0.05, 0) is 56.4 Å². The summed E-state index contributed by atoms with van der Waals surface area (Å²) < 4.78 is 32.8. The highest BCUT2D eigenvalue weighted by Gasteiger charge is 2.33. The van der Waals surface area contributed by atoms with Crippen molar-refractivity contribution in [1.29, 1.82) is 0 Å². The average molecular weight is 431 g/mol. The molecule has 0 radical (unpaired) electrons. The van der Waals surface area contributed by atoms with E-state index >= 15 is 0 Å². The van der Waals surface area contributed by atoms with Crippen molar-refractivity contribution in [2.24, 2.45) is 5.92 Å². The lowest BCUT2D eigenvalue weighted by Gasteiger charge is -2.31. The Morgan fingerprint density at radius 1 is 1.13 bits per heavy atom. The van der Waals surface area contributed by atoms with Gasteiger partial charge in [0.15, 0.2) is 0 Å². The SMILES string of the molecule is CCOc1ccccc1CCCNC(=O)[C@@H]1CCCN(S(=O)(=O)c2ccccc2)C1. The van der Waals surface area contributed by atoms with Gasteiger partial charge in [-0.1, -0.05) is 36.4 Å². The molecule has 1 saturated heterocycles. The zero-order valence-corrected chi connectivity index (χ0v) is 18.2. The highest BCUT2D eigenvalue weighted by atomic mass is 32.2. The Morgan fingerprint density at radius 3 is 2.63 bits per heavy atom. The van der Waals surface area contributed by atoms with Crippen LogP contribution < -0.4 is 10.1 Å². The van der Waals surface area contributed by atoms with Crippen molar-refractivity contribution < 1.29 is 17.9 Å². The Morgan fingerprint density at radius 2 is 1.87 bits per heavy atom. The predicted molar refractivity (Wildman–Crippen MR) is 117 cm³/mol. The zero-order valence-electron chi connectivity index (χ0n) is 17.4. The Kier molecular flexibility index (Phi) is 7.87. The molecule has 162 valence electrons. The first-order chi connectivity index (χ1) is 14.5. The van der Waals surface area contributed by atoms with Gasteiger partial charge in [0.2, 0.25) is 15.9 Å². The second kappa shape index (κ2) is 10.6. The molecule has 3 rings (SSSR count). The van der Waals surface area contributed by atoms with Crippen molar-refractivity contribution in [3.63, 3.8) is 0 Å². The average Bonchev–Trinajstić information content (AvgIpc) is 2.78. The normalized spacial score (nSPS) is 17.4. The lowest BCUT2D eigenvalue weighted by atomic mass is 9.99. The van der Waals surface area contributed by atoms with Crippen LogP contribution in [0.5, 0.6) is 5.75 Å². The minimum Gasteiger partial charge on any atom is -0.494 e. The molecule has 2 aromatic rings. The molecule has 0 bridgehead atoms. The van der Waals surface area contributed by atoms with Gasteiger partial charge in [-0.3, -0.25) is 4.79 Å². The van der Waals surface area contributed by atoms with E-state index in [1.165, 1.54) is 4.31 Å². The van der Waals surface area contributed by atoms with Crippen molar-refractivity contribution in [3.05, 3.63) is 60.2 Å². The van der Waals surface area contributed by atoms with Gasteiger partial charge in [0, 0.05) is 19.6 Å². The van der Waals surface area contributed by atoms with E-state index < -0.39 is 10.0 Å². The van der Waals surface area contributed by atoms with Gasteiger partial charge in [0.25, 0.3) is 0 Å². The number of para-hydroxylation sites is 1. The summed E-state index contributed by atoms with van der Waals surface area (Å²) >= 11 is 0. The summed E-state index contributed by atoms with van der Waals surface area (Å²) in [6.07, 6.45) is 3.01. The van der Waals surface area contributed by atoms with Crippen LogP contribution in [0.1, 0.15) is 31.7 Å². The predicted octanol–water partition coefficient (Wildman–Crippen LogP) is 3.24. The van der Waals surface area contributed by atoms with E-state index in [2.05, 4.69) is 5.32 Å². The third-order valence-corrected chi connectivity index (χ3v) is 7.21. The Balaban J connectivity index is 1.50. The second-order valence-corrected chi connectivity index (χ2v) is 9.39. The largest absolute Gasteiger partial charge is 0.494 e. The van der Waals surface area contributed by atoms with Crippen LogP contribution in [0, 0.1) is 5.92 Å². The molecule has 1 aliphatic rings.